The van der Waals surface area contributed by atoms with Crippen molar-refractivity contribution in [2.24, 2.45) is 5.41 Å². The summed E-state index contributed by atoms with van der Waals surface area (Å²) >= 11 is 5.85. The Morgan fingerprint density at radius 3 is 2.25 bits per heavy atom. The van der Waals surface area contributed by atoms with Crippen molar-refractivity contribution in [3.05, 3.63) is 77.9 Å². The van der Waals surface area contributed by atoms with Crippen molar-refractivity contribution < 1.29 is 9.59 Å². The second kappa shape index (κ2) is 13.7. The van der Waals surface area contributed by atoms with Crippen LogP contribution in [0, 0.1) is 12.3 Å². The largest absolute Gasteiger partial charge is 0.347 e. The van der Waals surface area contributed by atoms with Gasteiger partial charge in [0.25, 0.3) is 0 Å². The topological polar surface area (TPSA) is 49.4 Å². The zero-order chi connectivity index (χ0) is 24.1. The summed E-state index contributed by atoms with van der Waals surface area (Å²) in [5.41, 5.74) is 3.20. The number of halogens is 1. The molecule has 1 aliphatic carbocycles. The van der Waals surface area contributed by atoms with Crippen LogP contribution >= 0.6 is 11.6 Å². The van der Waals surface area contributed by atoms with Crippen molar-refractivity contribution in [2.75, 3.05) is 20.6 Å². The molecule has 32 heavy (non-hydrogen) atoms. The number of likely N-dealkylation sites (N-methyl/N-ethyl adjacent to an activating group) is 1. The summed E-state index contributed by atoms with van der Waals surface area (Å²) in [4.78, 5) is 25.2. The number of nitrogens with zero attached hydrogens (tertiary/aromatic N) is 1. The predicted octanol–water partition coefficient (Wildman–Crippen LogP) is 6.03. The molecule has 1 saturated carbocycles. The molecule has 0 heterocycles. The molecule has 0 unspecified atom stereocenters. The molecule has 0 radical (unpaired) electrons. The zero-order valence-electron chi connectivity index (χ0n) is 19.9. The average Bonchev–Trinajstić information content (AvgIpc) is 3.22. The number of carbonyl (C=O) groups excluding carboxylic acids is 2. The molecule has 5 heteroatoms. The molecule has 2 amide bonds. The number of hydrogen-bond acceptors (Lipinski definition) is 2. The summed E-state index contributed by atoms with van der Waals surface area (Å²) in [6.45, 7) is 11.6. The first-order valence-corrected chi connectivity index (χ1v) is 11.4. The van der Waals surface area contributed by atoms with E-state index in [0.717, 1.165) is 31.3 Å². The lowest BCUT2D eigenvalue weighted by Crippen LogP contribution is -2.43. The van der Waals surface area contributed by atoms with Gasteiger partial charge in [-0.05, 0) is 44.2 Å². The molecular formula is C27H37ClN2O2. The van der Waals surface area contributed by atoms with Gasteiger partial charge in [0.05, 0.1) is 12.0 Å². The Hall–Kier alpha value is -2.59. The van der Waals surface area contributed by atoms with Crippen molar-refractivity contribution in [1.29, 1.82) is 0 Å². The van der Waals surface area contributed by atoms with Gasteiger partial charge in [-0.25, -0.2) is 0 Å². The highest BCUT2D eigenvalue weighted by molar-refractivity contribution is 6.29. The van der Waals surface area contributed by atoms with Gasteiger partial charge in [-0.15, -0.1) is 0 Å². The maximum atomic E-state index is 12.2. The van der Waals surface area contributed by atoms with Crippen LogP contribution in [0.25, 0.3) is 5.57 Å². The highest BCUT2D eigenvalue weighted by Crippen LogP contribution is 2.43. The number of allylic oxidation sites excluding steroid dienone is 6. The molecule has 0 bridgehead atoms. The van der Waals surface area contributed by atoms with E-state index in [2.05, 4.69) is 55.7 Å². The molecule has 1 aromatic carbocycles. The Bertz CT molecular complexity index is 845. The predicted molar refractivity (Wildman–Crippen MR) is 136 cm³/mol. The standard InChI is InChI=1S/C14H16.C13H21ClN2O2/c1-4-6-7-13(5-2)14-10-8-12(3)9-11-14;1-10(14)8-13(6-4-5-7-13)12(18)15-9-11(17)16(2)3/h4-11H,2H2,1,3H3;1,4-9H2,2-3H3,(H,15,18)/b6-4-,13-7+;. The summed E-state index contributed by atoms with van der Waals surface area (Å²) in [6, 6.07) is 8.46. The minimum absolute atomic E-state index is 0.0440. The van der Waals surface area contributed by atoms with Crippen LogP contribution in [0.1, 0.15) is 50.2 Å². The lowest BCUT2D eigenvalue weighted by Gasteiger charge is -2.27. The molecule has 0 saturated heterocycles. The molecule has 0 atom stereocenters. The maximum Gasteiger partial charge on any atom is 0.241 e. The van der Waals surface area contributed by atoms with Gasteiger partial charge in [-0.2, -0.15) is 0 Å². The van der Waals surface area contributed by atoms with E-state index in [1.54, 1.807) is 14.1 Å². The second-order valence-electron chi connectivity index (χ2n) is 8.37. The van der Waals surface area contributed by atoms with E-state index in [1.807, 2.05) is 25.2 Å². The van der Waals surface area contributed by atoms with Crippen LogP contribution in [0.15, 0.2) is 66.8 Å². The van der Waals surface area contributed by atoms with Crippen LogP contribution in [0.5, 0.6) is 0 Å². The summed E-state index contributed by atoms with van der Waals surface area (Å²) in [5, 5.41) is 3.23. The van der Waals surface area contributed by atoms with E-state index in [1.165, 1.54) is 16.0 Å². The minimum Gasteiger partial charge on any atom is -0.347 e. The smallest absolute Gasteiger partial charge is 0.241 e. The number of benzene rings is 1. The second-order valence-corrected chi connectivity index (χ2v) is 8.90. The van der Waals surface area contributed by atoms with Gasteiger partial charge in [0.1, 0.15) is 0 Å². The van der Waals surface area contributed by atoms with E-state index in [4.69, 9.17) is 11.6 Å². The molecule has 0 spiro atoms. The fraction of sp³-hybridized carbons (Fsp3) is 0.407. The normalized spacial score (nSPS) is 15.0. The first-order valence-electron chi connectivity index (χ1n) is 11.0. The van der Waals surface area contributed by atoms with Crippen LogP contribution in [0.3, 0.4) is 0 Å². The van der Waals surface area contributed by atoms with Crippen LogP contribution < -0.4 is 5.32 Å². The SMILES string of the molecule is C=C(Cl)CC1(C(=O)NCC(=O)N(C)C)CCCC1.C=C/C(=C\C=C/C)c1ccc(C)cc1. The van der Waals surface area contributed by atoms with E-state index in [-0.39, 0.29) is 18.4 Å². The third-order valence-corrected chi connectivity index (χ3v) is 5.68. The molecular weight excluding hydrogens is 420 g/mol. The number of rotatable bonds is 8. The Morgan fingerprint density at radius 2 is 1.78 bits per heavy atom. The number of amides is 2. The number of nitrogens with one attached hydrogen (secondary N) is 1. The Morgan fingerprint density at radius 1 is 1.19 bits per heavy atom. The zero-order valence-corrected chi connectivity index (χ0v) is 20.7. The molecule has 1 aromatic rings. The molecule has 174 valence electrons. The molecule has 2 rings (SSSR count). The van der Waals surface area contributed by atoms with Crippen molar-refractivity contribution in [3.8, 4) is 0 Å². The van der Waals surface area contributed by atoms with Crippen LogP contribution in [-0.4, -0.2) is 37.4 Å². The fourth-order valence-electron chi connectivity index (χ4n) is 3.63. The Kier molecular flexibility index (Phi) is 11.8. The highest BCUT2D eigenvalue weighted by atomic mass is 35.5. The van der Waals surface area contributed by atoms with Crippen LogP contribution in [0.4, 0.5) is 0 Å². The molecule has 4 nitrogen and oxygen atoms in total. The van der Waals surface area contributed by atoms with E-state index in [0.29, 0.717) is 11.5 Å². The molecule has 1 N–H and O–H groups in total. The van der Waals surface area contributed by atoms with Gasteiger partial charge in [-0.3, -0.25) is 9.59 Å². The van der Waals surface area contributed by atoms with Crippen molar-refractivity contribution in [3.63, 3.8) is 0 Å². The van der Waals surface area contributed by atoms with Crippen molar-refractivity contribution in [2.45, 2.75) is 46.0 Å². The molecule has 1 fully saturated rings. The summed E-state index contributed by atoms with van der Waals surface area (Å²) in [7, 11) is 3.33. The van der Waals surface area contributed by atoms with E-state index >= 15 is 0 Å². The minimum atomic E-state index is -0.453. The first-order chi connectivity index (χ1) is 15.1. The Labute approximate surface area is 198 Å². The van der Waals surface area contributed by atoms with Gasteiger partial charge < -0.3 is 10.2 Å². The van der Waals surface area contributed by atoms with Gasteiger partial charge in [0, 0.05) is 19.1 Å². The first kappa shape index (κ1) is 27.4. The monoisotopic (exact) mass is 456 g/mol. The fourth-order valence-corrected chi connectivity index (χ4v) is 3.89. The molecule has 1 aliphatic rings. The van der Waals surface area contributed by atoms with Crippen molar-refractivity contribution in [1.82, 2.24) is 10.2 Å². The van der Waals surface area contributed by atoms with Gasteiger partial charge >= 0.3 is 0 Å². The lowest BCUT2D eigenvalue weighted by atomic mass is 9.81. The van der Waals surface area contributed by atoms with Gasteiger partial charge in [0.15, 0.2) is 0 Å². The van der Waals surface area contributed by atoms with Crippen LogP contribution in [0.2, 0.25) is 0 Å². The summed E-state index contributed by atoms with van der Waals surface area (Å²) in [5.74, 6) is -0.182. The number of carbonyl (C=O) groups is 2. The van der Waals surface area contributed by atoms with Gasteiger partial charge in [0.2, 0.25) is 11.8 Å². The molecule has 0 aromatic heterocycles. The summed E-state index contributed by atoms with van der Waals surface area (Å²) < 4.78 is 0. The Balaban J connectivity index is 0.000000330. The number of aryl methyl sites for hydroxylation is 1. The quantitative estimate of drug-likeness (QED) is 0.485. The van der Waals surface area contributed by atoms with E-state index < -0.39 is 5.41 Å². The molecule has 0 aliphatic heterocycles. The van der Waals surface area contributed by atoms with Crippen LogP contribution in [-0.2, 0) is 9.59 Å². The summed E-state index contributed by atoms with van der Waals surface area (Å²) in [6.07, 6.45) is 12.2. The third kappa shape index (κ3) is 8.88. The number of hydrogen-bond donors (Lipinski definition) is 1. The van der Waals surface area contributed by atoms with Crippen molar-refractivity contribution >= 4 is 29.0 Å². The maximum absolute atomic E-state index is 12.2. The average molecular weight is 457 g/mol. The third-order valence-electron chi connectivity index (χ3n) is 5.54. The highest BCUT2D eigenvalue weighted by Gasteiger charge is 2.41. The van der Waals surface area contributed by atoms with Gasteiger partial charge in [-0.1, -0.05) is 91.7 Å². The lowest BCUT2D eigenvalue weighted by molar-refractivity contribution is -0.135. The van der Waals surface area contributed by atoms with E-state index in [9.17, 15) is 9.59 Å².